The van der Waals surface area contributed by atoms with Crippen LogP contribution in [0.4, 0.5) is 0 Å². The summed E-state index contributed by atoms with van der Waals surface area (Å²) in [6, 6.07) is 4.52. The van der Waals surface area contributed by atoms with E-state index >= 15 is 0 Å². The second kappa shape index (κ2) is 7.60. The summed E-state index contributed by atoms with van der Waals surface area (Å²) in [5.41, 5.74) is 1.05. The topological polar surface area (TPSA) is 43.4 Å². The van der Waals surface area contributed by atoms with E-state index in [1.165, 1.54) is 6.42 Å². The van der Waals surface area contributed by atoms with Gasteiger partial charge in [-0.05, 0) is 31.4 Å². The van der Waals surface area contributed by atoms with Crippen molar-refractivity contribution in [3.05, 3.63) is 24.0 Å². The first-order chi connectivity index (χ1) is 9.67. The molecule has 1 aromatic heterocycles. The number of aromatic nitrogens is 1. The highest BCUT2D eigenvalue weighted by molar-refractivity contribution is 5.20. The Labute approximate surface area is 121 Å². The molecule has 0 amide bonds. The maximum absolute atomic E-state index is 6.01. The van der Waals surface area contributed by atoms with Gasteiger partial charge in [0, 0.05) is 26.1 Å². The Morgan fingerprint density at radius 1 is 1.30 bits per heavy atom. The Kier molecular flexibility index (Phi) is 5.80. The van der Waals surface area contributed by atoms with Crippen LogP contribution in [0, 0.1) is 0 Å². The second-order valence-electron chi connectivity index (χ2n) is 5.79. The summed E-state index contributed by atoms with van der Waals surface area (Å²) >= 11 is 0. The molecule has 1 aliphatic rings. The van der Waals surface area contributed by atoms with Gasteiger partial charge in [-0.25, -0.2) is 0 Å². The molecule has 0 bridgehead atoms. The number of hydrogen-bond donors (Lipinski definition) is 1. The van der Waals surface area contributed by atoms with Crippen molar-refractivity contribution in [3.8, 4) is 5.75 Å². The predicted octanol–water partition coefficient (Wildman–Crippen LogP) is 2.92. The Balaban J connectivity index is 1.83. The molecule has 2 unspecified atom stereocenters. The van der Waals surface area contributed by atoms with Crippen molar-refractivity contribution in [2.45, 2.75) is 64.3 Å². The Bertz CT molecular complexity index is 392. The van der Waals surface area contributed by atoms with Gasteiger partial charge in [0.05, 0.1) is 18.0 Å². The van der Waals surface area contributed by atoms with E-state index in [-0.39, 0.29) is 6.10 Å². The first-order valence-electron chi connectivity index (χ1n) is 7.55. The molecule has 1 heterocycles. The number of nitrogens with one attached hydrogen (secondary N) is 1. The van der Waals surface area contributed by atoms with Gasteiger partial charge in [-0.15, -0.1) is 0 Å². The highest BCUT2D eigenvalue weighted by Crippen LogP contribution is 2.24. The van der Waals surface area contributed by atoms with Gasteiger partial charge in [-0.3, -0.25) is 4.98 Å². The molecule has 1 saturated carbocycles. The van der Waals surface area contributed by atoms with Crippen molar-refractivity contribution in [3.63, 3.8) is 0 Å². The van der Waals surface area contributed by atoms with E-state index in [4.69, 9.17) is 9.47 Å². The van der Waals surface area contributed by atoms with Crippen LogP contribution in [0.2, 0.25) is 0 Å². The number of nitrogens with zero attached hydrogens (tertiary/aromatic N) is 1. The molecule has 0 spiro atoms. The number of methoxy groups -OCH3 is 1. The van der Waals surface area contributed by atoms with Crippen molar-refractivity contribution in [1.82, 2.24) is 10.3 Å². The van der Waals surface area contributed by atoms with E-state index in [2.05, 4.69) is 24.1 Å². The van der Waals surface area contributed by atoms with Crippen LogP contribution in [0.15, 0.2) is 18.3 Å². The third kappa shape index (κ3) is 4.76. The van der Waals surface area contributed by atoms with Crippen molar-refractivity contribution in [1.29, 1.82) is 0 Å². The molecule has 0 saturated heterocycles. The Hall–Kier alpha value is -1.13. The van der Waals surface area contributed by atoms with Gasteiger partial charge in [-0.2, -0.15) is 0 Å². The first-order valence-corrected chi connectivity index (χ1v) is 7.55. The molecule has 2 atom stereocenters. The zero-order chi connectivity index (χ0) is 14.4. The summed E-state index contributed by atoms with van der Waals surface area (Å²) in [6.45, 7) is 5.06. The Morgan fingerprint density at radius 3 is 2.75 bits per heavy atom. The summed E-state index contributed by atoms with van der Waals surface area (Å²) in [5.74, 6) is 0.861. The highest BCUT2D eigenvalue weighted by Gasteiger charge is 2.23. The minimum Gasteiger partial charge on any atom is -0.489 e. The molecule has 4 heteroatoms. The zero-order valence-corrected chi connectivity index (χ0v) is 12.8. The van der Waals surface area contributed by atoms with Crippen molar-refractivity contribution < 1.29 is 9.47 Å². The highest BCUT2D eigenvalue weighted by atomic mass is 16.5. The van der Waals surface area contributed by atoms with Crippen LogP contribution in [0.1, 0.15) is 45.2 Å². The van der Waals surface area contributed by atoms with Crippen LogP contribution in [0.3, 0.4) is 0 Å². The van der Waals surface area contributed by atoms with E-state index in [1.54, 1.807) is 7.11 Å². The SMILES string of the molecule is COC1CCCC(Oc2ccc(CNC(C)C)nc2)C1. The first kappa shape index (κ1) is 15.3. The third-order valence-electron chi connectivity index (χ3n) is 3.70. The average Bonchev–Trinajstić information content (AvgIpc) is 2.47. The minimum atomic E-state index is 0.259. The Morgan fingerprint density at radius 2 is 2.10 bits per heavy atom. The van der Waals surface area contributed by atoms with E-state index in [1.807, 2.05) is 18.3 Å². The molecule has 4 nitrogen and oxygen atoms in total. The van der Waals surface area contributed by atoms with Crippen LogP contribution in [-0.4, -0.2) is 30.3 Å². The average molecular weight is 278 g/mol. The standard InChI is InChI=1S/C16H26N2O2/c1-12(2)17-10-13-7-8-16(11-18-13)20-15-6-4-5-14(9-15)19-3/h7-8,11-12,14-15,17H,4-6,9-10H2,1-3H3. The largest absolute Gasteiger partial charge is 0.489 e. The quantitative estimate of drug-likeness (QED) is 0.869. The molecule has 112 valence electrons. The van der Waals surface area contributed by atoms with Crippen LogP contribution in [-0.2, 0) is 11.3 Å². The van der Waals surface area contributed by atoms with Gasteiger partial charge in [0.1, 0.15) is 11.9 Å². The molecule has 1 N–H and O–H groups in total. The van der Waals surface area contributed by atoms with Crippen LogP contribution < -0.4 is 10.1 Å². The molecule has 0 aliphatic heterocycles. The van der Waals surface area contributed by atoms with E-state index in [0.717, 1.165) is 37.3 Å². The van der Waals surface area contributed by atoms with Gasteiger partial charge in [0.15, 0.2) is 0 Å². The zero-order valence-electron chi connectivity index (χ0n) is 12.8. The molecule has 0 radical (unpaired) electrons. The fraction of sp³-hybridized carbons (Fsp3) is 0.688. The fourth-order valence-electron chi connectivity index (χ4n) is 2.51. The molecular weight excluding hydrogens is 252 g/mol. The van der Waals surface area contributed by atoms with Crippen molar-refractivity contribution in [2.75, 3.05) is 7.11 Å². The summed E-state index contributed by atoms with van der Waals surface area (Å²) in [4.78, 5) is 4.44. The third-order valence-corrected chi connectivity index (χ3v) is 3.70. The van der Waals surface area contributed by atoms with Crippen LogP contribution in [0.5, 0.6) is 5.75 Å². The van der Waals surface area contributed by atoms with Gasteiger partial charge in [-0.1, -0.05) is 13.8 Å². The lowest BCUT2D eigenvalue weighted by atomic mass is 9.95. The summed E-state index contributed by atoms with van der Waals surface area (Å²) in [7, 11) is 1.78. The molecule has 1 fully saturated rings. The number of pyridine rings is 1. The molecule has 0 aromatic carbocycles. The van der Waals surface area contributed by atoms with Gasteiger partial charge < -0.3 is 14.8 Å². The number of ether oxygens (including phenoxy) is 2. The fourth-order valence-corrected chi connectivity index (χ4v) is 2.51. The molecule has 20 heavy (non-hydrogen) atoms. The van der Waals surface area contributed by atoms with Crippen LogP contribution >= 0.6 is 0 Å². The predicted molar refractivity (Wildman–Crippen MR) is 79.9 cm³/mol. The van der Waals surface area contributed by atoms with Crippen molar-refractivity contribution >= 4 is 0 Å². The molecule has 2 rings (SSSR count). The minimum absolute atomic E-state index is 0.259. The maximum Gasteiger partial charge on any atom is 0.138 e. The lowest BCUT2D eigenvalue weighted by Gasteiger charge is -2.28. The lowest BCUT2D eigenvalue weighted by Crippen LogP contribution is -2.29. The molecule has 1 aliphatic carbocycles. The van der Waals surface area contributed by atoms with E-state index < -0.39 is 0 Å². The molecular formula is C16H26N2O2. The van der Waals surface area contributed by atoms with Gasteiger partial charge >= 0.3 is 0 Å². The van der Waals surface area contributed by atoms with Gasteiger partial charge in [0.2, 0.25) is 0 Å². The summed E-state index contributed by atoms with van der Waals surface area (Å²) < 4.78 is 11.4. The van der Waals surface area contributed by atoms with E-state index in [0.29, 0.717) is 12.1 Å². The monoisotopic (exact) mass is 278 g/mol. The number of rotatable bonds is 6. The van der Waals surface area contributed by atoms with E-state index in [9.17, 15) is 0 Å². The smallest absolute Gasteiger partial charge is 0.138 e. The van der Waals surface area contributed by atoms with Gasteiger partial charge in [0.25, 0.3) is 0 Å². The maximum atomic E-state index is 6.01. The molecule has 1 aromatic rings. The lowest BCUT2D eigenvalue weighted by molar-refractivity contribution is 0.0208. The summed E-state index contributed by atoms with van der Waals surface area (Å²) in [5, 5.41) is 3.36. The second-order valence-corrected chi connectivity index (χ2v) is 5.79. The van der Waals surface area contributed by atoms with Crippen molar-refractivity contribution in [2.24, 2.45) is 0 Å². The normalized spacial score (nSPS) is 23.0. The van der Waals surface area contributed by atoms with Crippen LogP contribution in [0.25, 0.3) is 0 Å². The summed E-state index contributed by atoms with van der Waals surface area (Å²) in [6.07, 6.45) is 6.84. The number of hydrogen-bond acceptors (Lipinski definition) is 4.